The van der Waals surface area contributed by atoms with E-state index in [2.05, 4.69) is 20.1 Å². The van der Waals surface area contributed by atoms with Crippen LogP contribution in [0.5, 0.6) is 0 Å². The zero-order valence-electron chi connectivity index (χ0n) is 7.22. The lowest BCUT2D eigenvalue weighted by Crippen LogP contribution is -1.76. The van der Waals surface area contributed by atoms with E-state index < -0.39 is 0 Å². The SMILES string of the molecule is Cc1c(N=[N+]=[N-])ccc(N=[N+]=[N-])c1Cl. The monoisotopic (exact) mass is 208 g/mol. The molecule has 0 spiro atoms. The Morgan fingerprint density at radius 1 is 1.14 bits per heavy atom. The van der Waals surface area contributed by atoms with E-state index in [0.29, 0.717) is 22.0 Å². The van der Waals surface area contributed by atoms with Gasteiger partial charge in [-0.05, 0) is 23.5 Å². The molecule has 0 aromatic heterocycles. The second-order valence-corrected chi connectivity index (χ2v) is 2.80. The number of hydrogen-bond donors (Lipinski definition) is 0. The molecule has 0 aliphatic heterocycles. The van der Waals surface area contributed by atoms with E-state index in [1.54, 1.807) is 13.0 Å². The first kappa shape index (κ1) is 10.2. The molecule has 7 heteroatoms. The summed E-state index contributed by atoms with van der Waals surface area (Å²) < 4.78 is 0. The fourth-order valence-electron chi connectivity index (χ4n) is 0.943. The maximum absolute atomic E-state index is 8.24. The Hall–Kier alpha value is -1.87. The molecule has 0 saturated carbocycles. The minimum Gasteiger partial charge on any atom is -0.0835 e. The van der Waals surface area contributed by atoms with Crippen molar-refractivity contribution in [2.75, 3.05) is 0 Å². The van der Waals surface area contributed by atoms with Gasteiger partial charge in [0.1, 0.15) is 0 Å². The van der Waals surface area contributed by atoms with Gasteiger partial charge in [0.15, 0.2) is 0 Å². The van der Waals surface area contributed by atoms with Crippen molar-refractivity contribution < 1.29 is 0 Å². The quantitative estimate of drug-likeness (QED) is 0.387. The van der Waals surface area contributed by atoms with Crippen LogP contribution in [-0.4, -0.2) is 0 Å². The zero-order valence-corrected chi connectivity index (χ0v) is 7.97. The van der Waals surface area contributed by atoms with Crippen molar-refractivity contribution in [1.82, 2.24) is 0 Å². The molecule has 1 aromatic rings. The van der Waals surface area contributed by atoms with Gasteiger partial charge in [0.05, 0.1) is 10.7 Å². The molecule has 0 bridgehead atoms. The highest BCUT2D eigenvalue weighted by Gasteiger charge is 2.05. The van der Waals surface area contributed by atoms with E-state index in [-0.39, 0.29) is 0 Å². The maximum Gasteiger partial charge on any atom is 0.0564 e. The predicted molar refractivity (Wildman–Crippen MR) is 53.8 cm³/mol. The van der Waals surface area contributed by atoms with E-state index in [1.165, 1.54) is 6.07 Å². The van der Waals surface area contributed by atoms with Crippen LogP contribution in [0.4, 0.5) is 11.4 Å². The maximum atomic E-state index is 8.24. The first-order valence-electron chi connectivity index (χ1n) is 3.60. The summed E-state index contributed by atoms with van der Waals surface area (Å²) in [5, 5.41) is 7.11. The number of benzene rings is 1. The van der Waals surface area contributed by atoms with Crippen LogP contribution < -0.4 is 0 Å². The molecular formula is C7H5ClN6. The molecule has 0 amide bonds. The van der Waals surface area contributed by atoms with Crippen LogP contribution in [0, 0.1) is 6.92 Å². The average Bonchev–Trinajstić information content (AvgIpc) is 2.18. The molecule has 1 aromatic carbocycles. The summed E-state index contributed by atoms with van der Waals surface area (Å²) in [5.41, 5.74) is 17.8. The van der Waals surface area contributed by atoms with Crippen LogP contribution in [0.1, 0.15) is 5.56 Å². The third kappa shape index (κ3) is 1.89. The van der Waals surface area contributed by atoms with E-state index in [0.717, 1.165) is 0 Å². The van der Waals surface area contributed by atoms with Crippen LogP contribution in [0.25, 0.3) is 20.9 Å². The second kappa shape index (κ2) is 4.39. The molecule has 0 fully saturated rings. The third-order valence-electron chi connectivity index (χ3n) is 1.64. The van der Waals surface area contributed by atoms with E-state index in [9.17, 15) is 0 Å². The van der Waals surface area contributed by atoms with Crippen LogP contribution in [-0.2, 0) is 0 Å². The Balaban J connectivity index is 3.39. The van der Waals surface area contributed by atoms with Crippen LogP contribution in [0.2, 0.25) is 5.02 Å². The number of halogens is 1. The third-order valence-corrected chi connectivity index (χ3v) is 2.12. The lowest BCUT2D eigenvalue weighted by atomic mass is 10.2. The smallest absolute Gasteiger partial charge is 0.0564 e. The van der Waals surface area contributed by atoms with Crippen molar-refractivity contribution in [2.45, 2.75) is 6.92 Å². The minimum absolute atomic E-state index is 0.299. The van der Waals surface area contributed by atoms with E-state index in [1.807, 2.05) is 0 Å². The van der Waals surface area contributed by atoms with Crippen molar-refractivity contribution in [1.29, 1.82) is 0 Å². The highest BCUT2D eigenvalue weighted by atomic mass is 35.5. The summed E-state index contributed by atoms with van der Waals surface area (Å²) in [6, 6.07) is 3.05. The Kier molecular flexibility index (Phi) is 3.20. The van der Waals surface area contributed by atoms with Gasteiger partial charge in [-0.15, -0.1) is 0 Å². The Labute approximate surface area is 84.4 Å². The number of azide groups is 2. The van der Waals surface area contributed by atoms with Gasteiger partial charge in [0.2, 0.25) is 0 Å². The van der Waals surface area contributed by atoms with Crippen molar-refractivity contribution in [3.05, 3.63) is 43.6 Å². The predicted octanol–water partition coefficient (Wildman–Crippen LogP) is 4.53. The summed E-state index contributed by atoms with van der Waals surface area (Å²) in [5.74, 6) is 0. The first-order chi connectivity index (χ1) is 6.70. The summed E-state index contributed by atoms with van der Waals surface area (Å²) in [7, 11) is 0. The molecule has 14 heavy (non-hydrogen) atoms. The molecule has 6 nitrogen and oxygen atoms in total. The average molecular weight is 209 g/mol. The van der Waals surface area contributed by atoms with Gasteiger partial charge >= 0.3 is 0 Å². The molecule has 1 rings (SSSR count). The van der Waals surface area contributed by atoms with Gasteiger partial charge in [-0.2, -0.15) is 0 Å². The number of nitrogens with zero attached hydrogens (tertiary/aromatic N) is 6. The molecule has 0 aliphatic rings. The molecule has 0 unspecified atom stereocenters. The van der Waals surface area contributed by atoms with E-state index >= 15 is 0 Å². The number of hydrogen-bond acceptors (Lipinski definition) is 2. The van der Waals surface area contributed by atoms with Gasteiger partial charge in [0.25, 0.3) is 0 Å². The van der Waals surface area contributed by atoms with Crippen molar-refractivity contribution in [2.24, 2.45) is 10.2 Å². The van der Waals surface area contributed by atoms with Gasteiger partial charge in [0, 0.05) is 15.5 Å². The Bertz CT molecular complexity index is 412. The second-order valence-electron chi connectivity index (χ2n) is 2.42. The lowest BCUT2D eigenvalue weighted by molar-refractivity contribution is 1.35. The fraction of sp³-hybridized carbons (Fsp3) is 0.143. The lowest BCUT2D eigenvalue weighted by Gasteiger charge is -2.03. The molecule has 0 aliphatic carbocycles. The van der Waals surface area contributed by atoms with E-state index in [4.69, 9.17) is 22.7 Å². The Morgan fingerprint density at radius 2 is 1.64 bits per heavy atom. The molecule has 0 atom stereocenters. The normalized spacial score (nSPS) is 8.71. The van der Waals surface area contributed by atoms with Gasteiger partial charge in [-0.1, -0.05) is 34.0 Å². The summed E-state index contributed by atoms with van der Waals surface area (Å²) >= 11 is 5.86. The molecular weight excluding hydrogens is 204 g/mol. The fourth-order valence-corrected chi connectivity index (χ4v) is 1.14. The molecule has 0 N–H and O–H groups in total. The van der Waals surface area contributed by atoms with Crippen molar-refractivity contribution >= 4 is 23.0 Å². The first-order valence-corrected chi connectivity index (χ1v) is 3.97. The highest BCUT2D eigenvalue weighted by Crippen LogP contribution is 2.34. The van der Waals surface area contributed by atoms with Crippen molar-refractivity contribution in [3.8, 4) is 0 Å². The minimum atomic E-state index is 0.299. The molecule has 0 saturated heterocycles. The van der Waals surface area contributed by atoms with Crippen LogP contribution >= 0.6 is 11.6 Å². The largest absolute Gasteiger partial charge is 0.0835 e. The van der Waals surface area contributed by atoms with Crippen molar-refractivity contribution in [3.63, 3.8) is 0 Å². The molecule has 0 radical (unpaired) electrons. The zero-order chi connectivity index (χ0) is 10.6. The highest BCUT2D eigenvalue weighted by molar-refractivity contribution is 6.34. The van der Waals surface area contributed by atoms with Gasteiger partial charge in [-0.3, -0.25) is 0 Å². The summed E-state index contributed by atoms with van der Waals surface area (Å²) in [6.07, 6.45) is 0. The number of rotatable bonds is 2. The summed E-state index contributed by atoms with van der Waals surface area (Å²) in [6.45, 7) is 1.68. The van der Waals surface area contributed by atoms with Gasteiger partial charge < -0.3 is 0 Å². The molecule has 0 heterocycles. The topological polar surface area (TPSA) is 97.5 Å². The molecule has 70 valence electrons. The van der Waals surface area contributed by atoms with Crippen LogP contribution in [0.3, 0.4) is 0 Å². The summed E-state index contributed by atoms with van der Waals surface area (Å²) in [4.78, 5) is 5.27. The Morgan fingerprint density at radius 3 is 2.21 bits per heavy atom. The standard InChI is InChI=1S/C7H5ClN6/c1-4-5(11-13-9)2-3-6(7(4)8)12-14-10/h2-3H,1H3. The van der Waals surface area contributed by atoms with Gasteiger partial charge in [-0.25, -0.2) is 0 Å². The van der Waals surface area contributed by atoms with Crippen LogP contribution in [0.15, 0.2) is 22.4 Å².